The topological polar surface area (TPSA) is 46.5 Å². The third kappa shape index (κ3) is 2.71. The van der Waals surface area contributed by atoms with Crippen LogP contribution >= 0.6 is 11.6 Å². The Morgan fingerprint density at radius 3 is 2.53 bits per heavy atom. The van der Waals surface area contributed by atoms with E-state index in [1.165, 1.54) is 0 Å². The molecule has 2 aromatic rings. The number of hydrogen-bond acceptors (Lipinski definition) is 2. The molecule has 0 radical (unpaired) electrons. The van der Waals surface area contributed by atoms with Crippen LogP contribution < -0.4 is 4.74 Å². The fourth-order valence-corrected chi connectivity index (χ4v) is 2.14. The summed E-state index contributed by atoms with van der Waals surface area (Å²) in [6, 6.07) is 10.5. The van der Waals surface area contributed by atoms with Gasteiger partial charge in [-0.1, -0.05) is 23.7 Å². The number of carbonyl (C=O) groups is 1. The number of ether oxygens (including phenoxy) is 1. The Morgan fingerprint density at radius 1 is 1.21 bits per heavy atom. The number of aryl methyl sites for hydroxylation is 1. The van der Waals surface area contributed by atoms with Crippen molar-refractivity contribution in [1.82, 2.24) is 0 Å². The van der Waals surface area contributed by atoms with Gasteiger partial charge >= 0.3 is 5.97 Å². The summed E-state index contributed by atoms with van der Waals surface area (Å²) >= 11 is 5.99. The molecule has 0 saturated carbocycles. The molecule has 0 heterocycles. The predicted molar refractivity (Wildman–Crippen MR) is 75.1 cm³/mol. The highest BCUT2D eigenvalue weighted by Gasteiger charge is 2.09. The minimum absolute atomic E-state index is 0.280. The lowest BCUT2D eigenvalue weighted by molar-refractivity contribution is 0.0697. The largest absolute Gasteiger partial charge is 0.495 e. The molecule has 98 valence electrons. The van der Waals surface area contributed by atoms with E-state index in [4.69, 9.17) is 21.4 Å². The van der Waals surface area contributed by atoms with Crippen molar-refractivity contribution in [2.75, 3.05) is 7.11 Å². The molecule has 2 aromatic carbocycles. The van der Waals surface area contributed by atoms with E-state index in [2.05, 4.69) is 0 Å². The van der Waals surface area contributed by atoms with Crippen molar-refractivity contribution in [2.24, 2.45) is 0 Å². The van der Waals surface area contributed by atoms with Gasteiger partial charge in [0.2, 0.25) is 0 Å². The first kappa shape index (κ1) is 13.4. The second-order valence-corrected chi connectivity index (χ2v) is 4.59. The molecule has 0 fully saturated rings. The van der Waals surface area contributed by atoms with Crippen LogP contribution in [0.5, 0.6) is 5.75 Å². The monoisotopic (exact) mass is 276 g/mol. The molecule has 19 heavy (non-hydrogen) atoms. The van der Waals surface area contributed by atoms with Gasteiger partial charge in [-0.3, -0.25) is 0 Å². The molecule has 0 amide bonds. The first-order valence-corrected chi connectivity index (χ1v) is 6.08. The first-order chi connectivity index (χ1) is 9.02. The van der Waals surface area contributed by atoms with Crippen LogP contribution in [0, 0.1) is 6.92 Å². The summed E-state index contributed by atoms with van der Waals surface area (Å²) in [6.45, 7) is 1.88. The average molecular weight is 277 g/mol. The normalized spacial score (nSPS) is 10.3. The fourth-order valence-electron chi connectivity index (χ4n) is 1.95. The van der Waals surface area contributed by atoms with Gasteiger partial charge in [0.1, 0.15) is 5.75 Å². The number of methoxy groups -OCH3 is 1. The van der Waals surface area contributed by atoms with Crippen LogP contribution in [0.3, 0.4) is 0 Å². The Morgan fingerprint density at radius 2 is 1.95 bits per heavy atom. The van der Waals surface area contributed by atoms with Gasteiger partial charge < -0.3 is 9.84 Å². The van der Waals surface area contributed by atoms with Gasteiger partial charge in [0, 0.05) is 0 Å². The molecule has 0 aliphatic rings. The molecule has 2 rings (SSSR count). The zero-order valence-electron chi connectivity index (χ0n) is 10.6. The summed E-state index contributed by atoms with van der Waals surface area (Å²) in [5.41, 5.74) is 3.07. The molecule has 3 nitrogen and oxygen atoms in total. The molecule has 1 N–H and O–H groups in total. The summed E-state index contributed by atoms with van der Waals surface area (Å²) in [7, 11) is 1.56. The van der Waals surface area contributed by atoms with Crippen molar-refractivity contribution in [3.8, 4) is 16.9 Å². The molecule has 0 spiro atoms. The van der Waals surface area contributed by atoms with Crippen molar-refractivity contribution >= 4 is 17.6 Å². The molecule has 0 saturated heterocycles. The molecule has 4 heteroatoms. The number of aromatic carboxylic acids is 1. The Bertz CT molecular complexity index is 635. The van der Waals surface area contributed by atoms with E-state index in [9.17, 15) is 4.79 Å². The van der Waals surface area contributed by atoms with E-state index in [0.717, 1.165) is 16.7 Å². The maximum absolute atomic E-state index is 10.9. The number of halogens is 1. The van der Waals surface area contributed by atoms with E-state index >= 15 is 0 Å². The maximum atomic E-state index is 10.9. The molecule has 0 aliphatic carbocycles. The standard InChI is InChI=1S/C15H13ClO3/c1-9-7-11(15(17)18)3-5-12(9)10-4-6-13(16)14(8-10)19-2/h3-8H,1-2H3,(H,17,18). The fraction of sp³-hybridized carbons (Fsp3) is 0.133. The number of rotatable bonds is 3. The molecule has 0 aliphatic heterocycles. The summed E-state index contributed by atoms with van der Waals surface area (Å²) in [5, 5.41) is 9.50. The molecular formula is C15H13ClO3. The van der Waals surface area contributed by atoms with Gasteiger partial charge in [0.15, 0.2) is 0 Å². The van der Waals surface area contributed by atoms with E-state index < -0.39 is 5.97 Å². The van der Waals surface area contributed by atoms with Gasteiger partial charge in [0.25, 0.3) is 0 Å². The second kappa shape index (κ2) is 5.33. The van der Waals surface area contributed by atoms with Crippen molar-refractivity contribution < 1.29 is 14.6 Å². The summed E-state index contributed by atoms with van der Waals surface area (Å²) in [5.74, 6) is -0.329. The highest BCUT2D eigenvalue weighted by Crippen LogP contribution is 2.32. The van der Waals surface area contributed by atoms with Gasteiger partial charge in [-0.2, -0.15) is 0 Å². The van der Waals surface area contributed by atoms with Crippen molar-refractivity contribution in [1.29, 1.82) is 0 Å². The van der Waals surface area contributed by atoms with Gasteiger partial charge in [-0.25, -0.2) is 4.79 Å². The SMILES string of the molecule is COc1cc(-c2ccc(C(=O)O)cc2C)ccc1Cl. The molecule has 0 aromatic heterocycles. The van der Waals surface area contributed by atoms with Gasteiger partial charge in [0.05, 0.1) is 17.7 Å². The lowest BCUT2D eigenvalue weighted by Crippen LogP contribution is -1.97. The summed E-state index contributed by atoms with van der Waals surface area (Å²) in [4.78, 5) is 10.9. The Hall–Kier alpha value is -2.00. The van der Waals surface area contributed by atoms with Crippen LogP contribution in [0.1, 0.15) is 15.9 Å². The minimum atomic E-state index is -0.927. The quantitative estimate of drug-likeness (QED) is 0.921. The third-order valence-electron chi connectivity index (χ3n) is 2.94. The van der Waals surface area contributed by atoms with E-state index in [1.54, 1.807) is 31.4 Å². The summed E-state index contributed by atoms with van der Waals surface area (Å²) in [6.07, 6.45) is 0. The van der Waals surface area contributed by atoms with Gasteiger partial charge in [-0.05, 0) is 47.9 Å². The molecule has 0 atom stereocenters. The van der Waals surface area contributed by atoms with E-state index in [1.807, 2.05) is 19.1 Å². The van der Waals surface area contributed by atoms with Crippen LogP contribution in [-0.4, -0.2) is 18.2 Å². The number of benzene rings is 2. The smallest absolute Gasteiger partial charge is 0.335 e. The molecular weight excluding hydrogens is 264 g/mol. The van der Waals surface area contributed by atoms with Crippen LogP contribution in [0.25, 0.3) is 11.1 Å². The van der Waals surface area contributed by atoms with Crippen molar-refractivity contribution in [2.45, 2.75) is 6.92 Å². The highest BCUT2D eigenvalue weighted by atomic mass is 35.5. The van der Waals surface area contributed by atoms with Crippen LogP contribution in [0.4, 0.5) is 0 Å². The van der Waals surface area contributed by atoms with Crippen molar-refractivity contribution in [3.05, 3.63) is 52.5 Å². The van der Waals surface area contributed by atoms with Crippen LogP contribution in [0.2, 0.25) is 5.02 Å². The van der Waals surface area contributed by atoms with Crippen LogP contribution in [0.15, 0.2) is 36.4 Å². The molecule has 0 unspecified atom stereocenters. The van der Waals surface area contributed by atoms with E-state index in [0.29, 0.717) is 10.8 Å². The lowest BCUT2D eigenvalue weighted by Gasteiger charge is -2.10. The third-order valence-corrected chi connectivity index (χ3v) is 3.25. The minimum Gasteiger partial charge on any atom is -0.495 e. The Labute approximate surface area is 116 Å². The van der Waals surface area contributed by atoms with Gasteiger partial charge in [-0.15, -0.1) is 0 Å². The lowest BCUT2D eigenvalue weighted by atomic mass is 9.98. The highest BCUT2D eigenvalue weighted by molar-refractivity contribution is 6.32. The molecule has 0 bridgehead atoms. The summed E-state index contributed by atoms with van der Waals surface area (Å²) < 4.78 is 5.18. The number of carboxylic acids is 1. The number of hydrogen-bond donors (Lipinski definition) is 1. The van der Waals surface area contributed by atoms with Crippen LogP contribution in [-0.2, 0) is 0 Å². The maximum Gasteiger partial charge on any atom is 0.335 e. The predicted octanol–water partition coefficient (Wildman–Crippen LogP) is 4.02. The van der Waals surface area contributed by atoms with E-state index in [-0.39, 0.29) is 5.56 Å². The van der Waals surface area contributed by atoms with Crippen molar-refractivity contribution in [3.63, 3.8) is 0 Å². The second-order valence-electron chi connectivity index (χ2n) is 4.18. The number of carboxylic acid groups (broad SMARTS) is 1. The zero-order chi connectivity index (χ0) is 14.0. The average Bonchev–Trinajstić information content (AvgIpc) is 2.39. The Balaban J connectivity index is 2.50. The Kier molecular flexibility index (Phi) is 3.76. The zero-order valence-corrected chi connectivity index (χ0v) is 11.4. The first-order valence-electron chi connectivity index (χ1n) is 5.71.